The number of H-pyrrole nitrogens is 1. The van der Waals surface area contributed by atoms with E-state index in [0.29, 0.717) is 51.5 Å². The number of carbonyl (C=O) groups is 2. The largest absolute Gasteiger partial charge is 0.870 e. The predicted octanol–water partition coefficient (Wildman–Crippen LogP) is 8.09. The van der Waals surface area contributed by atoms with Crippen molar-refractivity contribution >= 4 is 40.8 Å². The smallest absolute Gasteiger partial charge is 0.387 e. The maximum Gasteiger partial charge on any atom is 0.387 e. The van der Waals surface area contributed by atoms with E-state index in [4.69, 9.17) is 42.1 Å². The summed E-state index contributed by atoms with van der Waals surface area (Å²) < 4.78 is 63.7. The summed E-state index contributed by atoms with van der Waals surface area (Å²) in [6, 6.07) is 15.4. The molecule has 2 bridgehead atoms. The number of hydrogen-bond donors (Lipinski definition) is 1. The number of fused-ring (bicyclic) bond motifs is 3. The third-order valence-electron chi connectivity index (χ3n) is 10.1. The average Bonchev–Trinajstić information content (AvgIpc) is 3.99. The lowest BCUT2D eigenvalue weighted by atomic mass is 9.86. The van der Waals surface area contributed by atoms with Gasteiger partial charge in [-0.25, -0.2) is 19.0 Å². The summed E-state index contributed by atoms with van der Waals surface area (Å²) in [7, 11) is 0. The van der Waals surface area contributed by atoms with Crippen LogP contribution in [0.3, 0.4) is 0 Å². The van der Waals surface area contributed by atoms with E-state index in [1.165, 1.54) is 54.9 Å². The first-order valence-electron chi connectivity index (χ1n) is 17.9. The van der Waals surface area contributed by atoms with Gasteiger partial charge >= 0.3 is 18.6 Å². The van der Waals surface area contributed by atoms with Gasteiger partial charge < -0.3 is 29.7 Å². The van der Waals surface area contributed by atoms with Crippen LogP contribution in [0.1, 0.15) is 64.9 Å². The molecule has 4 heterocycles. The minimum atomic E-state index is -3.07. The molecule has 3 aliphatic heterocycles. The standard InChI is InChI=1S/C40H38Cl2F3N3O6.H2O/c41-31-19-46-20-32(42)30(31)18-34(25-9-10-33(54-40(44)45)35(17-25)51-22-23-7-8-23)52-38(49)27-4-2-6-29(16-27)47-37(26-3-1-5-28(43)15-26)39(50)53-36-21-48-13-11-24(36)12-14-48;/h1-6,9-10,15-17,19-20,23-24,34,36-37,40,47H,7-8,11-14,18,21-22H2;1H2/t34-,36-,37?;/m0./s1. The maximum atomic E-state index is 14.4. The molecule has 0 radical (unpaired) electrons. The lowest BCUT2D eigenvalue weighted by Crippen LogP contribution is -2.52. The van der Waals surface area contributed by atoms with Gasteiger partial charge in [-0.15, -0.1) is 0 Å². The lowest BCUT2D eigenvalue weighted by molar-refractivity contribution is -0.377. The molecule has 1 aromatic heterocycles. The second kappa shape index (κ2) is 17.9. The van der Waals surface area contributed by atoms with Gasteiger partial charge in [0.25, 0.3) is 0 Å². The molecule has 4 fully saturated rings. The van der Waals surface area contributed by atoms with Crippen molar-refractivity contribution < 1.29 is 52.2 Å². The molecular weight excluding hydrogens is 762 g/mol. The van der Waals surface area contributed by atoms with Crippen LogP contribution in [0.25, 0.3) is 0 Å². The molecule has 0 spiro atoms. The summed E-state index contributed by atoms with van der Waals surface area (Å²) in [4.78, 5) is 32.8. The normalized spacial score (nSPS) is 19.9. The summed E-state index contributed by atoms with van der Waals surface area (Å²) in [5, 5.41) is 3.75. The molecule has 292 valence electrons. The first-order valence-corrected chi connectivity index (χ1v) is 18.7. The van der Waals surface area contributed by atoms with Crippen molar-refractivity contribution in [3.8, 4) is 11.5 Å². The molecule has 3 N–H and O–H groups in total. The third kappa shape index (κ3) is 10.2. The Labute approximate surface area is 326 Å². The van der Waals surface area contributed by atoms with Gasteiger partial charge in [-0.05, 0) is 104 Å². The number of alkyl halides is 2. The van der Waals surface area contributed by atoms with Gasteiger partial charge in [-0.2, -0.15) is 8.78 Å². The van der Waals surface area contributed by atoms with Crippen LogP contribution < -0.4 is 19.8 Å². The summed E-state index contributed by atoms with van der Waals surface area (Å²) >= 11 is 13.0. The van der Waals surface area contributed by atoms with Crippen LogP contribution in [0.15, 0.2) is 79.1 Å². The van der Waals surface area contributed by atoms with Crippen LogP contribution >= 0.6 is 23.2 Å². The zero-order valence-electron chi connectivity index (χ0n) is 29.6. The topological polar surface area (TPSA) is 130 Å². The highest BCUT2D eigenvalue weighted by atomic mass is 35.5. The number of benzene rings is 3. The highest BCUT2D eigenvalue weighted by molar-refractivity contribution is 6.35. The van der Waals surface area contributed by atoms with E-state index in [2.05, 4.69) is 15.2 Å². The van der Waals surface area contributed by atoms with Crippen molar-refractivity contribution in [2.24, 2.45) is 11.8 Å². The van der Waals surface area contributed by atoms with Crippen LogP contribution in [0.5, 0.6) is 11.5 Å². The Morgan fingerprint density at radius 1 is 0.909 bits per heavy atom. The number of carbonyl (C=O) groups excluding carboxylic acids is 2. The van der Waals surface area contributed by atoms with E-state index < -0.39 is 36.5 Å². The van der Waals surface area contributed by atoms with E-state index in [1.807, 2.05) is 0 Å². The molecular formula is C40H40Cl2F3N3O7. The summed E-state index contributed by atoms with van der Waals surface area (Å²) in [5.41, 5.74) is 1.79. The Hall–Kier alpha value is -4.56. The highest BCUT2D eigenvalue weighted by Gasteiger charge is 2.38. The Morgan fingerprint density at radius 2 is 1.65 bits per heavy atom. The number of nitrogens with zero attached hydrogens (tertiary/aromatic N) is 1. The number of aromatic nitrogens is 1. The lowest BCUT2D eigenvalue weighted by Gasteiger charge is -2.44. The van der Waals surface area contributed by atoms with Gasteiger partial charge in [0.2, 0.25) is 0 Å². The summed E-state index contributed by atoms with van der Waals surface area (Å²) in [6.45, 7) is -0.140. The zero-order valence-corrected chi connectivity index (χ0v) is 31.1. The first kappa shape index (κ1) is 40.1. The van der Waals surface area contributed by atoms with E-state index in [1.54, 1.807) is 24.3 Å². The summed E-state index contributed by atoms with van der Waals surface area (Å²) in [6.07, 6.45) is 5.68. The molecule has 1 unspecified atom stereocenters. The monoisotopic (exact) mass is 801 g/mol. The fourth-order valence-corrected chi connectivity index (χ4v) is 7.47. The van der Waals surface area contributed by atoms with Crippen molar-refractivity contribution in [2.75, 3.05) is 31.6 Å². The second-order valence-corrected chi connectivity index (χ2v) is 14.7. The van der Waals surface area contributed by atoms with Crippen molar-refractivity contribution in [3.63, 3.8) is 0 Å². The van der Waals surface area contributed by atoms with Crippen LogP contribution in [-0.4, -0.2) is 61.3 Å². The number of anilines is 1. The minimum absolute atomic E-state index is 0. The molecule has 3 atom stereocenters. The van der Waals surface area contributed by atoms with E-state index in [0.717, 1.165) is 38.8 Å². The second-order valence-electron chi connectivity index (χ2n) is 13.9. The van der Waals surface area contributed by atoms with E-state index in [9.17, 15) is 22.8 Å². The molecule has 15 heteroatoms. The van der Waals surface area contributed by atoms with Crippen molar-refractivity contribution in [1.82, 2.24) is 4.90 Å². The number of pyridine rings is 1. The van der Waals surface area contributed by atoms with Crippen LogP contribution in [0.2, 0.25) is 10.0 Å². The Balaban J connectivity index is 0.00000514. The molecule has 0 amide bonds. The van der Waals surface area contributed by atoms with Crippen molar-refractivity contribution in [2.45, 2.75) is 57.0 Å². The van der Waals surface area contributed by atoms with E-state index in [-0.39, 0.29) is 41.0 Å². The van der Waals surface area contributed by atoms with Crippen LogP contribution in [-0.2, 0) is 20.7 Å². The molecule has 3 aromatic carbocycles. The zero-order chi connectivity index (χ0) is 37.8. The molecule has 8 rings (SSSR count). The molecule has 3 saturated heterocycles. The van der Waals surface area contributed by atoms with Gasteiger partial charge in [-0.1, -0.05) is 47.5 Å². The first-order chi connectivity index (χ1) is 26.1. The van der Waals surface area contributed by atoms with E-state index >= 15 is 0 Å². The Morgan fingerprint density at radius 3 is 2.33 bits per heavy atom. The third-order valence-corrected chi connectivity index (χ3v) is 10.7. The van der Waals surface area contributed by atoms with Gasteiger partial charge in [0.1, 0.15) is 28.1 Å². The number of hydrogen-bond acceptors (Lipinski definition) is 9. The van der Waals surface area contributed by atoms with Gasteiger partial charge in [0, 0.05) is 24.2 Å². The van der Waals surface area contributed by atoms with Crippen molar-refractivity contribution in [3.05, 3.63) is 117 Å². The molecule has 4 aromatic rings. The molecule has 4 aliphatic rings. The summed E-state index contributed by atoms with van der Waals surface area (Å²) in [5.74, 6) is -1.27. The molecule has 1 aliphatic carbocycles. The number of esters is 2. The Kier molecular flexibility index (Phi) is 13.1. The number of ether oxygens (including phenoxy) is 4. The Bertz CT molecular complexity index is 1960. The van der Waals surface area contributed by atoms with Gasteiger partial charge in [-0.3, -0.25) is 4.90 Å². The number of rotatable bonds is 15. The minimum Gasteiger partial charge on any atom is -0.870 e. The quantitative estimate of drug-likeness (QED) is 0.119. The average molecular weight is 803 g/mol. The number of piperidine rings is 3. The molecule has 10 nitrogen and oxygen atoms in total. The number of halogens is 5. The van der Waals surface area contributed by atoms with Gasteiger partial charge in [0.15, 0.2) is 29.9 Å². The van der Waals surface area contributed by atoms with Crippen LogP contribution in [0.4, 0.5) is 18.9 Å². The SMILES string of the molecule is O=C(O[C@@H](Cc1c(Cl)c[nH+]cc1Cl)c1ccc(OC(F)F)c(OCC2CC2)c1)c1cccc(NC(C(=O)O[C@H]2CN3CCC2CC3)c2cccc(F)c2)c1.[OH-]. The van der Waals surface area contributed by atoms with Crippen molar-refractivity contribution in [1.29, 1.82) is 0 Å². The number of aromatic amines is 1. The predicted molar refractivity (Wildman–Crippen MR) is 196 cm³/mol. The molecule has 55 heavy (non-hydrogen) atoms. The van der Waals surface area contributed by atoms with Crippen LogP contribution in [0, 0.1) is 17.7 Å². The number of nitrogens with one attached hydrogen (secondary N) is 2. The maximum absolute atomic E-state index is 14.4. The fraction of sp³-hybridized carbons (Fsp3) is 0.375. The fourth-order valence-electron chi connectivity index (χ4n) is 6.93. The highest BCUT2D eigenvalue weighted by Crippen LogP contribution is 2.38. The van der Waals surface area contributed by atoms with Gasteiger partial charge in [0.05, 0.1) is 12.2 Å². The molecule has 1 saturated carbocycles.